The van der Waals surface area contributed by atoms with E-state index in [0.29, 0.717) is 15.8 Å². The van der Waals surface area contributed by atoms with Gasteiger partial charge in [0.25, 0.3) is 0 Å². The minimum atomic E-state index is -0.650. The van der Waals surface area contributed by atoms with Crippen LogP contribution >= 0.6 is 15.9 Å². The fourth-order valence-electron chi connectivity index (χ4n) is 2.54. The Morgan fingerprint density at radius 1 is 1.44 bits per heavy atom. The highest BCUT2D eigenvalue weighted by Crippen LogP contribution is 2.48. The van der Waals surface area contributed by atoms with Crippen LogP contribution in [-0.4, -0.2) is 18.3 Å². The molecule has 1 fully saturated rings. The first-order valence-electron chi connectivity index (χ1n) is 5.79. The molecule has 0 aromatic heterocycles. The fourth-order valence-corrected chi connectivity index (χ4v) is 2.97. The second-order valence-corrected chi connectivity index (χ2v) is 5.30. The molecule has 0 bridgehead atoms. The normalized spacial score (nSPS) is 17.2. The Bertz CT molecular complexity index is 503. The smallest absolute Gasteiger partial charge is 0.235 e. The first kappa shape index (κ1) is 13.1. The Labute approximate surface area is 114 Å². The van der Waals surface area contributed by atoms with Crippen LogP contribution in [0.25, 0.3) is 0 Å². The van der Waals surface area contributed by atoms with E-state index in [1.54, 1.807) is 25.3 Å². The van der Waals surface area contributed by atoms with Gasteiger partial charge >= 0.3 is 0 Å². The summed E-state index contributed by atoms with van der Waals surface area (Å²) in [5.74, 6) is 0.749. The summed E-state index contributed by atoms with van der Waals surface area (Å²) in [6.45, 7) is 0. The van der Waals surface area contributed by atoms with Crippen LogP contribution in [0, 0.1) is 0 Å². The lowest BCUT2D eigenvalue weighted by Gasteiger charge is -2.24. The zero-order valence-electron chi connectivity index (χ0n) is 10.1. The molecule has 0 amide bonds. The van der Waals surface area contributed by atoms with Crippen LogP contribution in [0.4, 0.5) is 0 Å². The molecule has 0 saturated heterocycles. The first-order chi connectivity index (χ1) is 8.63. The van der Waals surface area contributed by atoms with E-state index >= 15 is 0 Å². The molecule has 1 saturated carbocycles. The van der Waals surface area contributed by atoms with Gasteiger partial charge in [-0.05, 0) is 40.9 Å². The van der Waals surface area contributed by atoms with Crippen LogP contribution < -0.4 is 4.74 Å². The van der Waals surface area contributed by atoms with E-state index < -0.39 is 5.54 Å². The SMILES string of the molecule is COc1cc(Br)c(O)c(C2(N=C=O)CCCC2)c1. The van der Waals surface area contributed by atoms with Crippen molar-refractivity contribution in [1.29, 1.82) is 0 Å². The van der Waals surface area contributed by atoms with Crippen molar-refractivity contribution in [3.63, 3.8) is 0 Å². The van der Waals surface area contributed by atoms with Crippen molar-refractivity contribution in [3.05, 3.63) is 22.2 Å². The van der Waals surface area contributed by atoms with E-state index in [1.165, 1.54) is 0 Å². The monoisotopic (exact) mass is 311 g/mol. The Morgan fingerprint density at radius 2 is 2.11 bits per heavy atom. The van der Waals surface area contributed by atoms with E-state index in [9.17, 15) is 9.90 Å². The van der Waals surface area contributed by atoms with Crippen LogP contribution in [0.5, 0.6) is 11.5 Å². The van der Waals surface area contributed by atoms with Gasteiger partial charge in [0.15, 0.2) is 0 Å². The fraction of sp³-hybridized carbons (Fsp3) is 0.462. The molecule has 0 radical (unpaired) electrons. The van der Waals surface area contributed by atoms with E-state index in [1.807, 2.05) is 0 Å². The number of methoxy groups -OCH3 is 1. The molecule has 0 spiro atoms. The summed E-state index contributed by atoms with van der Waals surface area (Å²) >= 11 is 3.29. The van der Waals surface area contributed by atoms with Gasteiger partial charge in [-0.2, -0.15) is 4.99 Å². The number of phenolic OH excluding ortho intramolecular Hbond substituents is 1. The molecular weight excluding hydrogens is 298 g/mol. The van der Waals surface area contributed by atoms with Gasteiger partial charge in [-0.25, -0.2) is 4.79 Å². The predicted octanol–water partition coefficient (Wildman–Crippen LogP) is 3.27. The number of aliphatic imine (C=N–C) groups is 1. The Balaban J connectivity index is 2.60. The first-order valence-corrected chi connectivity index (χ1v) is 6.58. The van der Waals surface area contributed by atoms with Crippen LogP contribution in [0.3, 0.4) is 0 Å². The molecule has 5 heteroatoms. The number of aromatic hydroxyl groups is 1. The van der Waals surface area contributed by atoms with Crippen molar-refractivity contribution in [2.45, 2.75) is 31.2 Å². The molecule has 0 aliphatic heterocycles. The predicted molar refractivity (Wildman–Crippen MR) is 70.6 cm³/mol. The van der Waals surface area contributed by atoms with E-state index in [-0.39, 0.29) is 5.75 Å². The van der Waals surface area contributed by atoms with Gasteiger partial charge in [-0.1, -0.05) is 12.8 Å². The molecule has 4 nitrogen and oxygen atoms in total. The largest absolute Gasteiger partial charge is 0.506 e. The highest BCUT2D eigenvalue weighted by atomic mass is 79.9. The molecule has 1 aliphatic rings. The van der Waals surface area contributed by atoms with Crippen molar-refractivity contribution >= 4 is 22.0 Å². The zero-order valence-corrected chi connectivity index (χ0v) is 11.7. The Hall–Kier alpha value is -1.32. The third kappa shape index (κ3) is 2.16. The molecular formula is C13H14BrNO3. The number of halogens is 1. The van der Waals surface area contributed by atoms with Gasteiger partial charge in [0, 0.05) is 5.56 Å². The van der Waals surface area contributed by atoms with Gasteiger partial charge in [0.2, 0.25) is 6.08 Å². The highest BCUT2D eigenvalue weighted by Gasteiger charge is 2.38. The maximum Gasteiger partial charge on any atom is 0.235 e. The third-order valence-electron chi connectivity index (χ3n) is 3.46. The Morgan fingerprint density at radius 3 is 2.67 bits per heavy atom. The summed E-state index contributed by atoms with van der Waals surface area (Å²) in [6, 6.07) is 3.43. The number of nitrogens with zero attached hydrogens (tertiary/aromatic N) is 1. The number of isocyanates is 1. The van der Waals surface area contributed by atoms with E-state index in [0.717, 1.165) is 25.7 Å². The lowest BCUT2D eigenvalue weighted by molar-refractivity contribution is 0.389. The average Bonchev–Trinajstić information content (AvgIpc) is 2.82. The summed E-state index contributed by atoms with van der Waals surface area (Å²) < 4.78 is 5.74. The molecule has 0 atom stereocenters. The number of rotatable bonds is 3. The van der Waals surface area contributed by atoms with Crippen molar-refractivity contribution < 1.29 is 14.6 Å². The van der Waals surface area contributed by atoms with Crippen molar-refractivity contribution in [2.75, 3.05) is 7.11 Å². The van der Waals surface area contributed by atoms with Crippen LogP contribution in [-0.2, 0) is 10.3 Å². The molecule has 96 valence electrons. The summed E-state index contributed by atoms with van der Waals surface area (Å²) in [5, 5.41) is 10.2. The summed E-state index contributed by atoms with van der Waals surface area (Å²) in [5.41, 5.74) is -0.0160. The molecule has 1 N–H and O–H groups in total. The highest BCUT2D eigenvalue weighted by molar-refractivity contribution is 9.10. The summed E-state index contributed by atoms with van der Waals surface area (Å²) in [4.78, 5) is 14.6. The van der Waals surface area contributed by atoms with E-state index in [2.05, 4.69) is 20.9 Å². The maximum absolute atomic E-state index is 10.7. The molecule has 18 heavy (non-hydrogen) atoms. The van der Waals surface area contributed by atoms with Crippen molar-refractivity contribution in [1.82, 2.24) is 0 Å². The summed E-state index contributed by atoms with van der Waals surface area (Å²) in [7, 11) is 1.56. The van der Waals surface area contributed by atoms with Gasteiger partial charge < -0.3 is 9.84 Å². The maximum atomic E-state index is 10.7. The molecule has 1 aromatic rings. The van der Waals surface area contributed by atoms with Gasteiger partial charge in [0.1, 0.15) is 17.0 Å². The van der Waals surface area contributed by atoms with Gasteiger partial charge in [0.05, 0.1) is 11.6 Å². The topological polar surface area (TPSA) is 58.9 Å². The second kappa shape index (κ2) is 5.12. The molecule has 0 unspecified atom stereocenters. The van der Waals surface area contributed by atoms with Gasteiger partial charge in [-0.3, -0.25) is 0 Å². The lowest BCUT2D eigenvalue weighted by Crippen LogP contribution is -2.19. The average molecular weight is 312 g/mol. The third-order valence-corrected chi connectivity index (χ3v) is 4.07. The minimum absolute atomic E-state index is 0.122. The second-order valence-electron chi connectivity index (χ2n) is 4.45. The molecule has 2 rings (SSSR count). The number of hydrogen-bond donors (Lipinski definition) is 1. The quantitative estimate of drug-likeness (QED) is 0.688. The Kier molecular flexibility index (Phi) is 3.73. The van der Waals surface area contributed by atoms with Crippen molar-refractivity contribution in [2.24, 2.45) is 4.99 Å². The van der Waals surface area contributed by atoms with Crippen LogP contribution in [0.2, 0.25) is 0 Å². The van der Waals surface area contributed by atoms with Crippen LogP contribution in [0.1, 0.15) is 31.2 Å². The summed E-state index contributed by atoms with van der Waals surface area (Å²) in [6.07, 6.45) is 5.10. The molecule has 1 aromatic carbocycles. The number of ether oxygens (including phenoxy) is 1. The number of benzene rings is 1. The molecule has 0 heterocycles. The standard InChI is InChI=1S/C13H14BrNO3/c1-18-9-6-10(12(17)11(14)7-9)13(15-8-16)4-2-3-5-13/h6-7,17H,2-5H2,1H3. The zero-order chi connectivity index (χ0) is 13.2. The minimum Gasteiger partial charge on any atom is -0.506 e. The molecule has 1 aliphatic carbocycles. The van der Waals surface area contributed by atoms with E-state index in [4.69, 9.17) is 4.74 Å². The number of carbonyl (C=O) groups excluding carboxylic acids is 1. The lowest BCUT2D eigenvalue weighted by atomic mass is 9.88. The number of phenols is 1. The van der Waals surface area contributed by atoms with Crippen molar-refractivity contribution in [3.8, 4) is 11.5 Å². The number of hydrogen-bond acceptors (Lipinski definition) is 4. The van der Waals surface area contributed by atoms with Crippen LogP contribution in [0.15, 0.2) is 21.6 Å². The van der Waals surface area contributed by atoms with Gasteiger partial charge in [-0.15, -0.1) is 0 Å².